The zero-order valence-corrected chi connectivity index (χ0v) is 17.6. The van der Waals surface area contributed by atoms with Crippen LogP contribution in [0.2, 0.25) is 0 Å². The first-order valence-electron chi connectivity index (χ1n) is 9.41. The molecule has 1 atom stereocenters. The van der Waals surface area contributed by atoms with Crippen molar-refractivity contribution in [2.24, 2.45) is 5.92 Å². The molecule has 1 N–H and O–H groups in total. The van der Waals surface area contributed by atoms with Gasteiger partial charge in [0.1, 0.15) is 5.75 Å². The minimum absolute atomic E-state index is 0.000284. The number of ether oxygens (including phenoxy) is 1. The van der Waals surface area contributed by atoms with Crippen LogP contribution in [0, 0.1) is 5.92 Å². The van der Waals surface area contributed by atoms with Gasteiger partial charge in [-0.05, 0) is 37.1 Å². The number of carbonyl (C=O) groups excluding carboxylic acids is 2. The predicted octanol–water partition coefficient (Wildman–Crippen LogP) is 4.01. The molecule has 0 spiro atoms. The van der Waals surface area contributed by atoms with Gasteiger partial charge in [0.2, 0.25) is 11.8 Å². The van der Waals surface area contributed by atoms with Gasteiger partial charge in [-0.25, -0.2) is 4.98 Å². The Labute approximate surface area is 173 Å². The van der Waals surface area contributed by atoms with E-state index < -0.39 is 0 Å². The number of nitrogens with zero attached hydrogens (tertiary/aromatic N) is 2. The fourth-order valence-electron chi connectivity index (χ4n) is 3.05. The van der Waals surface area contributed by atoms with E-state index in [1.807, 2.05) is 38.1 Å². The second kappa shape index (κ2) is 9.19. The zero-order chi connectivity index (χ0) is 20.1. The number of halogens is 1. The molecule has 1 fully saturated rings. The number of hydrogen-bond donors (Lipinski definition) is 1. The molecule has 0 bridgehead atoms. The first kappa shape index (κ1) is 20.3. The number of hydrogen-bond acceptors (Lipinski definition) is 4. The molecule has 2 amide bonds. The summed E-state index contributed by atoms with van der Waals surface area (Å²) in [5.74, 6) is 0.976. The van der Waals surface area contributed by atoms with Crippen LogP contribution < -0.4 is 10.1 Å². The van der Waals surface area contributed by atoms with E-state index in [9.17, 15) is 9.59 Å². The lowest BCUT2D eigenvalue weighted by molar-refractivity contribution is -0.125. The van der Waals surface area contributed by atoms with Gasteiger partial charge in [0.25, 0.3) is 5.91 Å². The normalized spacial score (nSPS) is 16.7. The third-order valence-electron chi connectivity index (χ3n) is 4.58. The Morgan fingerprint density at radius 1 is 1.29 bits per heavy atom. The maximum atomic E-state index is 12.8. The highest BCUT2D eigenvalue weighted by atomic mass is 79.9. The van der Waals surface area contributed by atoms with E-state index in [1.165, 1.54) is 6.20 Å². The number of rotatable bonds is 5. The summed E-state index contributed by atoms with van der Waals surface area (Å²) in [6, 6.07) is 10.9. The van der Waals surface area contributed by atoms with Crippen molar-refractivity contribution in [1.82, 2.24) is 15.2 Å². The third kappa shape index (κ3) is 5.32. The number of aromatic nitrogens is 1. The quantitative estimate of drug-likeness (QED) is 0.754. The standard InChI is InChI=1S/C21H24BrN3O3/c1-14(2)20(26)24-17-6-4-10-25(13-17)21(27)15-8-9-19(23-12-15)28-18-7-3-5-16(22)11-18/h3,5,7-9,11-12,14,17H,4,6,10,13H2,1-2H3,(H,24,26). The molecule has 7 heteroatoms. The Hall–Kier alpha value is -2.41. The van der Waals surface area contributed by atoms with Crippen LogP contribution in [0.25, 0.3) is 0 Å². The molecule has 1 aliphatic heterocycles. The monoisotopic (exact) mass is 445 g/mol. The van der Waals surface area contributed by atoms with Gasteiger partial charge in [-0.15, -0.1) is 0 Å². The zero-order valence-electron chi connectivity index (χ0n) is 16.0. The molecular weight excluding hydrogens is 422 g/mol. The molecule has 1 unspecified atom stereocenters. The van der Waals surface area contributed by atoms with Crippen LogP contribution >= 0.6 is 15.9 Å². The van der Waals surface area contributed by atoms with E-state index in [-0.39, 0.29) is 23.8 Å². The number of pyridine rings is 1. The van der Waals surface area contributed by atoms with Crippen LogP contribution in [-0.4, -0.2) is 40.8 Å². The van der Waals surface area contributed by atoms with Gasteiger partial charge in [0.15, 0.2) is 0 Å². The first-order chi connectivity index (χ1) is 13.4. The highest BCUT2D eigenvalue weighted by molar-refractivity contribution is 9.10. The lowest BCUT2D eigenvalue weighted by Gasteiger charge is -2.33. The Balaban J connectivity index is 1.61. The van der Waals surface area contributed by atoms with E-state index in [1.54, 1.807) is 17.0 Å². The van der Waals surface area contributed by atoms with Crippen LogP contribution in [0.1, 0.15) is 37.0 Å². The van der Waals surface area contributed by atoms with E-state index in [0.29, 0.717) is 30.3 Å². The fourth-order valence-corrected chi connectivity index (χ4v) is 3.43. The van der Waals surface area contributed by atoms with Crippen LogP contribution in [-0.2, 0) is 4.79 Å². The Morgan fingerprint density at radius 3 is 2.79 bits per heavy atom. The maximum Gasteiger partial charge on any atom is 0.255 e. The van der Waals surface area contributed by atoms with Crippen LogP contribution in [0.4, 0.5) is 0 Å². The van der Waals surface area contributed by atoms with Crippen LogP contribution in [0.5, 0.6) is 11.6 Å². The average Bonchev–Trinajstić information content (AvgIpc) is 2.68. The van der Waals surface area contributed by atoms with E-state index >= 15 is 0 Å². The largest absolute Gasteiger partial charge is 0.439 e. The molecule has 1 aromatic carbocycles. The van der Waals surface area contributed by atoms with Crippen molar-refractivity contribution in [1.29, 1.82) is 0 Å². The van der Waals surface area contributed by atoms with Gasteiger partial charge in [-0.2, -0.15) is 0 Å². The summed E-state index contributed by atoms with van der Waals surface area (Å²) in [6.07, 6.45) is 3.29. The van der Waals surface area contributed by atoms with E-state index in [4.69, 9.17) is 4.74 Å². The molecule has 28 heavy (non-hydrogen) atoms. The fraction of sp³-hybridized carbons (Fsp3) is 0.381. The summed E-state index contributed by atoms with van der Waals surface area (Å²) in [7, 11) is 0. The molecule has 0 radical (unpaired) electrons. The van der Waals surface area contributed by atoms with E-state index in [2.05, 4.69) is 26.2 Å². The second-order valence-corrected chi connectivity index (χ2v) is 8.11. The van der Waals surface area contributed by atoms with Crippen LogP contribution in [0.3, 0.4) is 0 Å². The molecule has 3 rings (SSSR count). The number of carbonyl (C=O) groups is 2. The molecule has 0 aliphatic carbocycles. The number of amides is 2. The van der Waals surface area contributed by atoms with Crippen molar-refractivity contribution >= 4 is 27.7 Å². The average molecular weight is 446 g/mol. The molecule has 0 saturated carbocycles. The van der Waals surface area contributed by atoms with Gasteiger partial charge in [0.05, 0.1) is 5.56 Å². The minimum Gasteiger partial charge on any atom is -0.439 e. The van der Waals surface area contributed by atoms with Crippen molar-refractivity contribution in [2.75, 3.05) is 13.1 Å². The smallest absolute Gasteiger partial charge is 0.255 e. The number of piperidine rings is 1. The first-order valence-corrected chi connectivity index (χ1v) is 10.2. The van der Waals surface area contributed by atoms with Gasteiger partial charge >= 0.3 is 0 Å². The van der Waals surface area contributed by atoms with Crippen molar-refractivity contribution in [2.45, 2.75) is 32.7 Å². The molecular formula is C21H24BrN3O3. The Bertz CT molecular complexity index is 839. The molecule has 1 saturated heterocycles. The molecule has 2 heterocycles. The lowest BCUT2D eigenvalue weighted by Crippen LogP contribution is -2.50. The predicted molar refractivity (Wildman–Crippen MR) is 110 cm³/mol. The molecule has 2 aromatic rings. The summed E-state index contributed by atoms with van der Waals surface area (Å²) in [5, 5.41) is 3.02. The van der Waals surface area contributed by atoms with Crippen molar-refractivity contribution in [3.8, 4) is 11.6 Å². The third-order valence-corrected chi connectivity index (χ3v) is 5.07. The highest BCUT2D eigenvalue weighted by Crippen LogP contribution is 2.23. The molecule has 1 aliphatic rings. The lowest BCUT2D eigenvalue weighted by atomic mass is 10.0. The maximum absolute atomic E-state index is 12.8. The summed E-state index contributed by atoms with van der Waals surface area (Å²) in [5.41, 5.74) is 0.512. The van der Waals surface area contributed by atoms with Gasteiger partial charge < -0.3 is 15.0 Å². The summed E-state index contributed by atoms with van der Waals surface area (Å²) >= 11 is 3.40. The minimum atomic E-state index is -0.0787. The van der Waals surface area contributed by atoms with Crippen LogP contribution in [0.15, 0.2) is 47.1 Å². The summed E-state index contributed by atoms with van der Waals surface area (Å²) in [4.78, 5) is 30.8. The van der Waals surface area contributed by atoms with E-state index in [0.717, 1.165) is 17.3 Å². The molecule has 6 nitrogen and oxygen atoms in total. The van der Waals surface area contributed by atoms with Crippen molar-refractivity contribution < 1.29 is 14.3 Å². The Morgan fingerprint density at radius 2 is 2.11 bits per heavy atom. The number of nitrogens with one attached hydrogen (secondary N) is 1. The van der Waals surface area contributed by atoms with Crippen molar-refractivity contribution in [3.05, 3.63) is 52.6 Å². The summed E-state index contributed by atoms with van der Waals surface area (Å²) < 4.78 is 6.63. The number of likely N-dealkylation sites (tertiary alicyclic amines) is 1. The van der Waals surface area contributed by atoms with Gasteiger partial charge in [-0.1, -0.05) is 35.8 Å². The van der Waals surface area contributed by atoms with Crippen molar-refractivity contribution in [3.63, 3.8) is 0 Å². The molecule has 1 aromatic heterocycles. The topological polar surface area (TPSA) is 71.5 Å². The SMILES string of the molecule is CC(C)C(=O)NC1CCCN(C(=O)c2ccc(Oc3cccc(Br)c3)nc2)C1. The highest BCUT2D eigenvalue weighted by Gasteiger charge is 2.26. The Kier molecular flexibility index (Phi) is 6.67. The van der Waals surface area contributed by atoms with Gasteiger partial charge in [0, 0.05) is 41.8 Å². The van der Waals surface area contributed by atoms with Gasteiger partial charge in [-0.3, -0.25) is 9.59 Å². The second-order valence-electron chi connectivity index (χ2n) is 7.20. The molecule has 148 valence electrons. The summed E-state index contributed by atoms with van der Waals surface area (Å²) in [6.45, 7) is 4.94. The number of benzene rings is 1.